The lowest BCUT2D eigenvalue weighted by Gasteiger charge is -2.20. The van der Waals surface area contributed by atoms with Crippen molar-refractivity contribution < 1.29 is 47.7 Å². The number of allylic oxidation sites excluding steroid dienone is 2. The molecule has 0 spiro atoms. The first kappa shape index (κ1) is 33.3. The normalized spacial score (nSPS) is 13.8. The van der Waals surface area contributed by atoms with E-state index in [0.29, 0.717) is 48.0 Å². The van der Waals surface area contributed by atoms with Gasteiger partial charge in [0.15, 0.2) is 17.3 Å². The molecule has 0 atom stereocenters. The molecule has 0 radical (unpaired) electrons. The zero-order valence-electron chi connectivity index (χ0n) is 26.8. The van der Waals surface area contributed by atoms with Crippen LogP contribution in [-0.2, 0) is 34.5 Å². The van der Waals surface area contributed by atoms with Gasteiger partial charge in [0.25, 0.3) is 5.91 Å². The number of amides is 3. The molecule has 5 rings (SSSR count). The van der Waals surface area contributed by atoms with Crippen molar-refractivity contribution >= 4 is 41.0 Å². The largest absolute Gasteiger partial charge is 0.493 e. The molecule has 2 heterocycles. The van der Waals surface area contributed by atoms with Crippen LogP contribution in [0.5, 0.6) is 11.5 Å². The number of fused-ring (bicyclic) bond motifs is 1. The number of Topliss-reactive ketones (excluding diaryl/α,β-unsaturated/α-hetero) is 1. The minimum Gasteiger partial charge on any atom is -0.493 e. The number of hydrogen-bond donors (Lipinski definition) is 2. The van der Waals surface area contributed by atoms with E-state index in [1.165, 1.54) is 44.1 Å². The molecule has 1 fully saturated rings. The number of ketones is 2. The first-order chi connectivity index (χ1) is 23.0. The molecule has 250 valence electrons. The van der Waals surface area contributed by atoms with Crippen molar-refractivity contribution in [1.82, 2.24) is 9.47 Å². The summed E-state index contributed by atoms with van der Waals surface area (Å²) < 4.78 is 27.9. The van der Waals surface area contributed by atoms with E-state index in [1.807, 2.05) is 0 Å². The van der Waals surface area contributed by atoms with E-state index < -0.39 is 18.0 Å². The Labute approximate surface area is 275 Å². The predicted octanol–water partition coefficient (Wildman–Crippen LogP) is 4.85. The Bertz CT molecular complexity index is 1840. The summed E-state index contributed by atoms with van der Waals surface area (Å²) in [6.45, 7) is 4.59. The van der Waals surface area contributed by atoms with E-state index >= 15 is 0 Å². The van der Waals surface area contributed by atoms with Crippen molar-refractivity contribution in [3.8, 4) is 11.5 Å². The Balaban J connectivity index is 1.15. The van der Waals surface area contributed by atoms with E-state index in [4.69, 9.17) is 23.7 Å². The summed E-state index contributed by atoms with van der Waals surface area (Å²) in [5, 5.41) is 5.23. The van der Waals surface area contributed by atoms with E-state index in [-0.39, 0.29) is 53.2 Å². The first-order valence-electron chi connectivity index (χ1n) is 14.7. The van der Waals surface area contributed by atoms with Gasteiger partial charge in [-0.05, 0) is 36.2 Å². The Hall–Kier alpha value is -6.05. The molecule has 0 unspecified atom stereocenters. The van der Waals surface area contributed by atoms with Gasteiger partial charge in [-0.3, -0.25) is 25.0 Å². The summed E-state index contributed by atoms with van der Waals surface area (Å²) in [5.74, 6) is -0.501. The zero-order chi connectivity index (χ0) is 34.5. The topological polar surface area (TPSA) is 164 Å². The number of carbonyl (C=O) groups is 5. The van der Waals surface area contributed by atoms with Gasteiger partial charge in [-0.1, -0.05) is 24.3 Å². The van der Waals surface area contributed by atoms with Gasteiger partial charge in [0.2, 0.25) is 11.6 Å². The second kappa shape index (κ2) is 14.2. The average molecular weight is 659 g/mol. The van der Waals surface area contributed by atoms with Gasteiger partial charge in [-0.25, -0.2) is 9.59 Å². The fourth-order valence-corrected chi connectivity index (χ4v) is 5.30. The molecule has 3 amide bonds. The first-order valence-corrected chi connectivity index (χ1v) is 14.7. The van der Waals surface area contributed by atoms with Crippen LogP contribution < -0.4 is 20.1 Å². The van der Waals surface area contributed by atoms with Crippen LogP contribution in [0.15, 0.2) is 66.5 Å². The van der Waals surface area contributed by atoms with Crippen molar-refractivity contribution in [3.63, 3.8) is 0 Å². The maximum atomic E-state index is 13.3. The minimum absolute atomic E-state index is 0.0543. The Morgan fingerprint density at radius 2 is 1.54 bits per heavy atom. The number of aromatic nitrogens is 1. The standard InChI is InChI=1S/C34H34N4O10/c1-19-10-11-38(16-19)32(41)23-13-27(44-3)28(45-4)14-25(23)36-34(43)47-17-20-6-8-21(9-7-20)35-33(42)48-18-22-12-24-30(37(22)2)26(39)15-29(46-5)31(24)40/h6-9,12-15H,1,10-11,16-18H2,2-5H3,(H,35,42)(H,36,43). The number of carbonyl (C=O) groups excluding carboxylic acids is 5. The molecule has 2 aromatic carbocycles. The summed E-state index contributed by atoms with van der Waals surface area (Å²) in [4.78, 5) is 65.2. The molecule has 14 heteroatoms. The molecular formula is C34H34N4O10. The highest BCUT2D eigenvalue weighted by Crippen LogP contribution is 2.35. The van der Waals surface area contributed by atoms with Crippen LogP contribution in [0.2, 0.25) is 0 Å². The smallest absolute Gasteiger partial charge is 0.412 e. The summed E-state index contributed by atoms with van der Waals surface area (Å²) in [6.07, 6.45) is 0.278. The van der Waals surface area contributed by atoms with E-state index in [0.717, 1.165) is 11.6 Å². The van der Waals surface area contributed by atoms with Gasteiger partial charge >= 0.3 is 12.2 Å². The van der Waals surface area contributed by atoms with Crippen molar-refractivity contribution in [1.29, 1.82) is 0 Å². The molecule has 48 heavy (non-hydrogen) atoms. The zero-order valence-corrected chi connectivity index (χ0v) is 26.8. The second-order valence-electron chi connectivity index (χ2n) is 10.9. The lowest BCUT2D eigenvalue weighted by Crippen LogP contribution is -2.29. The van der Waals surface area contributed by atoms with Crippen LogP contribution >= 0.6 is 0 Å². The van der Waals surface area contributed by atoms with Gasteiger partial charge in [-0.15, -0.1) is 0 Å². The van der Waals surface area contributed by atoms with Gasteiger partial charge in [0.05, 0.1) is 43.8 Å². The van der Waals surface area contributed by atoms with E-state index in [9.17, 15) is 24.0 Å². The van der Waals surface area contributed by atoms with Gasteiger partial charge < -0.3 is 33.2 Å². The number of methoxy groups -OCH3 is 3. The molecule has 2 N–H and O–H groups in total. The summed E-state index contributed by atoms with van der Waals surface area (Å²) in [7, 11) is 5.81. The molecule has 1 aromatic heterocycles. The quantitative estimate of drug-likeness (QED) is 0.288. The van der Waals surface area contributed by atoms with Crippen LogP contribution in [0.1, 0.15) is 48.9 Å². The molecule has 3 aromatic rings. The van der Waals surface area contributed by atoms with Crippen LogP contribution in [-0.4, -0.2) is 73.5 Å². The molecule has 0 bridgehead atoms. The highest BCUT2D eigenvalue weighted by atomic mass is 16.6. The number of likely N-dealkylation sites (tertiary alicyclic amines) is 1. The third-order valence-corrected chi connectivity index (χ3v) is 7.87. The minimum atomic E-state index is -0.798. The molecule has 1 aliphatic carbocycles. The van der Waals surface area contributed by atoms with Gasteiger partial charge in [0.1, 0.15) is 18.9 Å². The highest BCUT2D eigenvalue weighted by molar-refractivity contribution is 6.23. The van der Waals surface area contributed by atoms with Crippen molar-refractivity contribution in [2.75, 3.05) is 45.1 Å². The average Bonchev–Trinajstić information content (AvgIpc) is 3.67. The van der Waals surface area contributed by atoms with E-state index in [1.54, 1.807) is 36.2 Å². The fraction of sp³-hybridized carbons (Fsp3) is 0.265. The van der Waals surface area contributed by atoms with Gasteiger partial charge in [0, 0.05) is 38.0 Å². The number of nitrogens with zero attached hydrogens (tertiary/aromatic N) is 2. The number of anilines is 2. The summed E-state index contributed by atoms with van der Waals surface area (Å²) in [5.41, 5.74) is 3.21. The van der Waals surface area contributed by atoms with Crippen molar-refractivity contribution in [3.05, 3.63) is 94.5 Å². The molecule has 1 saturated heterocycles. The van der Waals surface area contributed by atoms with Gasteiger partial charge in [-0.2, -0.15) is 0 Å². The lowest BCUT2D eigenvalue weighted by molar-refractivity contribution is 0.0796. The van der Waals surface area contributed by atoms with E-state index in [2.05, 4.69) is 17.2 Å². The van der Waals surface area contributed by atoms with Crippen molar-refractivity contribution in [2.45, 2.75) is 19.6 Å². The third kappa shape index (κ3) is 7.02. The Morgan fingerprint density at radius 1 is 0.875 bits per heavy atom. The molecule has 2 aliphatic rings. The van der Waals surface area contributed by atoms with Crippen LogP contribution in [0.3, 0.4) is 0 Å². The highest BCUT2D eigenvalue weighted by Gasteiger charge is 2.31. The number of hydrogen-bond acceptors (Lipinski definition) is 10. The number of ether oxygens (including phenoxy) is 5. The second-order valence-corrected chi connectivity index (χ2v) is 10.9. The number of benzene rings is 2. The molecule has 0 saturated carbocycles. The number of nitrogens with one attached hydrogen (secondary N) is 2. The predicted molar refractivity (Wildman–Crippen MR) is 172 cm³/mol. The maximum Gasteiger partial charge on any atom is 0.412 e. The summed E-state index contributed by atoms with van der Waals surface area (Å²) in [6, 6.07) is 11.0. The third-order valence-electron chi connectivity index (χ3n) is 7.87. The Kier molecular flexibility index (Phi) is 9.83. The molecule has 14 nitrogen and oxygen atoms in total. The van der Waals surface area contributed by atoms with Crippen LogP contribution in [0, 0.1) is 0 Å². The van der Waals surface area contributed by atoms with Crippen molar-refractivity contribution in [2.24, 2.45) is 7.05 Å². The maximum absolute atomic E-state index is 13.3. The molecule has 1 aliphatic heterocycles. The lowest BCUT2D eigenvalue weighted by atomic mass is 10.0. The number of rotatable bonds is 10. The fourth-order valence-electron chi connectivity index (χ4n) is 5.30. The summed E-state index contributed by atoms with van der Waals surface area (Å²) >= 11 is 0. The monoisotopic (exact) mass is 658 g/mol. The van der Waals surface area contributed by atoms with Crippen LogP contribution in [0.4, 0.5) is 21.0 Å². The SMILES string of the molecule is C=C1CCN(C(=O)c2cc(OC)c(OC)cc2NC(=O)OCc2ccc(NC(=O)OCc3cc4c(n3C)C(=O)C=C(OC)C4=O)cc2)C1. The molecular weight excluding hydrogens is 624 g/mol. The Morgan fingerprint density at radius 3 is 2.19 bits per heavy atom. The van der Waals surface area contributed by atoms with Crippen LogP contribution in [0.25, 0.3) is 0 Å².